The zero-order valence-electron chi connectivity index (χ0n) is 9.63. The fourth-order valence-corrected chi connectivity index (χ4v) is 1.90. The molecule has 95 valence electrons. The van der Waals surface area contributed by atoms with E-state index < -0.39 is 12.1 Å². The van der Waals surface area contributed by atoms with E-state index in [1.54, 1.807) is 6.20 Å². The number of aromatic nitrogens is 2. The maximum atomic E-state index is 11.6. The van der Waals surface area contributed by atoms with Gasteiger partial charge in [0.1, 0.15) is 12.3 Å². The van der Waals surface area contributed by atoms with Crippen LogP contribution in [-0.4, -0.2) is 45.5 Å². The summed E-state index contributed by atoms with van der Waals surface area (Å²) < 4.78 is 0. The molecule has 1 fully saturated rings. The van der Waals surface area contributed by atoms with E-state index in [1.165, 1.54) is 11.3 Å². The van der Waals surface area contributed by atoms with Gasteiger partial charge < -0.3 is 9.78 Å². The van der Waals surface area contributed by atoms with Crippen LogP contribution >= 0.6 is 0 Å². The molecule has 1 aliphatic rings. The number of hydrogen-bond acceptors (Lipinski definition) is 5. The first-order chi connectivity index (χ1) is 8.74. The minimum absolute atomic E-state index is 0.186. The zero-order chi connectivity index (χ0) is 13.0. The maximum Gasteiger partial charge on any atom is 0.237 e. The summed E-state index contributed by atoms with van der Waals surface area (Å²) in [5.41, 5.74) is 3.42. The second-order valence-corrected chi connectivity index (χ2v) is 4.07. The molecule has 2 N–H and O–H groups in total. The molecule has 0 bridgehead atoms. The Morgan fingerprint density at radius 1 is 1.72 bits per heavy atom. The summed E-state index contributed by atoms with van der Waals surface area (Å²) in [6, 6.07) is -1.20. The molecule has 18 heavy (non-hydrogen) atoms. The van der Waals surface area contributed by atoms with Crippen molar-refractivity contribution in [1.82, 2.24) is 20.4 Å². The van der Waals surface area contributed by atoms with Gasteiger partial charge in [0.15, 0.2) is 0 Å². The molecule has 2 heterocycles. The Kier molecular flexibility index (Phi) is 3.83. The lowest BCUT2D eigenvalue weighted by atomic mass is 10.2. The first-order valence-electron chi connectivity index (χ1n) is 5.63. The van der Waals surface area contributed by atoms with Crippen LogP contribution in [0, 0.1) is 0 Å². The smallest absolute Gasteiger partial charge is 0.237 e. The Balaban J connectivity index is 1.99. The van der Waals surface area contributed by atoms with Gasteiger partial charge in [-0.2, -0.15) is 0 Å². The molecule has 1 saturated heterocycles. The van der Waals surface area contributed by atoms with Crippen LogP contribution in [0.2, 0.25) is 0 Å². The Morgan fingerprint density at radius 2 is 2.56 bits per heavy atom. The molecule has 1 amide bonds. The highest BCUT2D eigenvalue weighted by molar-refractivity contribution is 5.83. The standard InChI is InChI=1S/C11H13N4O3/c16-5-9(3-8-4-12-7-13-8)14-15-10(6-17)1-2-11(15)18/h4,6-7,9-10,14H,1-3H2,(H,12,13)/t9-,10-/m0/s1. The molecule has 2 rings (SSSR count). The first-order valence-corrected chi connectivity index (χ1v) is 5.63. The number of carbonyl (C=O) groups is 2. The molecule has 7 heteroatoms. The molecular weight excluding hydrogens is 236 g/mol. The van der Waals surface area contributed by atoms with Gasteiger partial charge in [-0.1, -0.05) is 0 Å². The van der Waals surface area contributed by atoms with Gasteiger partial charge in [-0.05, 0) is 6.42 Å². The predicted octanol–water partition coefficient (Wildman–Crippen LogP) is -0.875. The number of aldehydes is 1. The second kappa shape index (κ2) is 5.54. The lowest BCUT2D eigenvalue weighted by Gasteiger charge is -2.24. The van der Waals surface area contributed by atoms with E-state index in [9.17, 15) is 14.4 Å². The van der Waals surface area contributed by atoms with Gasteiger partial charge in [-0.25, -0.2) is 10.4 Å². The summed E-state index contributed by atoms with van der Waals surface area (Å²) in [5.74, 6) is -0.186. The summed E-state index contributed by atoms with van der Waals surface area (Å²) in [4.78, 5) is 40.0. The molecule has 1 aromatic rings. The number of rotatable bonds is 6. The van der Waals surface area contributed by atoms with Crippen LogP contribution in [0.5, 0.6) is 0 Å². The number of imidazole rings is 1. The van der Waals surface area contributed by atoms with Crippen LogP contribution in [0.4, 0.5) is 0 Å². The van der Waals surface area contributed by atoms with E-state index in [-0.39, 0.29) is 5.91 Å². The van der Waals surface area contributed by atoms with Crippen molar-refractivity contribution in [2.45, 2.75) is 31.3 Å². The van der Waals surface area contributed by atoms with E-state index in [0.29, 0.717) is 31.2 Å². The molecule has 2 atom stereocenters. The summed E-state index contributed by atoms with van der Waals surface area (Å²) in [7, 11) is 0. The minimum atomic E-state index is -0.696. The highest BCUT2D eigenvalue weighted by atomic mass is 16.2. The van der Waals surface area contributed by atoms with Crippen LogP contribution in [0.1, 0.15) is 18.5 Å². The minimum Gasteiger partial charge on any atom is -0.351 e. The average molecular weight is 249 g/mol. The second-order valence-electron chi connectivity index (χ2n) is 4.07. The summed E-state index contributed by atoms with van der Waals surface area (Å²) in [6.45, 7) is 0. The number of nitrogens with one attached hydrogen (secondary N) is 2. The number of carbonyl (C=O) groups excluding carboxylic acids is 3. The molecule has 0 aliphatic carbocycles. The summed E-state index contributed by atoms with van der Waals surface area (Å²) in [6.07, 6.45) is 6.77. The third-order valence-corrected chi connectivity index (χ3v) is 2.82. The van der Waals surface area contributed by atoms with Gasteiger partial charge in [-0.3, -0.25) is 14.6 Å². The lowest BCUT2D eigenvalue weighted by molar-refractivity contribution is -0.134. The first kappa shape index (κ1) is 12.4. The lowest BCUT2D eigenvalue weighted by Crippen LogP contribution is -2.51. The summed E-state index contributed by atoms with van der Waals surface area (Å²) in [5, 5.41) is 1.22. The normalized spacial score (nSPS) is 21.0. The van der Waals surface area contributed by atoms with Crippen LogP contribution in [0.15, 0.2) is 12.5 Å². The van der Waals surface area contributed by atoms with Gasteiger partial charge in [0.2, 0.25) is 12.2 Å². The van der Waals surface area contributed by atoms with Gasteiger partial charge in [0.05, 0.1) is 18.1 Å². The summed E-state index contributed by atoms with van der Waals surface area (Å²) >= 11 is 0. The Morgan fingerprint density at radius 3 is 3.17 bits per heavy atom. The van der Waals surface area contributed by atoms with Crippen LogP contribution in [-0.2, 0) is 20.8 Å². The van der Waals surface area contributed by atoms with E-state index in [2.05, 4.69) is 15.4 Å². The number of hydrogen-bond donors (Lipinski definition) is 2. The molecule has 0 spiro atoms. The maximum absolute atomic E-state index is 11.6. The van der Waals surface area contributed by atoms with E-state index in [0.717, 1.165) is 0 Å². The Bertz CT molecular complexity index is 432. The monoisotopic (exact) mass is 249 g/mol. The third kappa shape index (κ3) is 2.62. The van der Waals surface area contributed by atoms with Crippen LogP contribution in [0.3, 0.4) is 0 Å². The largest absolute Gasteiger partial charge is 0.351 e. The predicted molar refractivity (Wildman–Crippen MR) is 60.8 cm³/mol. The molecule has 1 radical (unpaired) electrons. The number of aromatic amines is 1. The van der Waals surface area contributed by atoms with Crippen molar-refractivity contribution in [1.29, 1.82) is 0 Å². The van der Waals surface area contributed by atoms with E-state index >= 15 is 0 Å². The number of H-pyrrole nitrogens is 1. The van der Waals surface area contributed by atoms with Crippen molar-refractivity contribution in [2.24, 2.45) is 0 Å². The molecular formula is C11H13N4O3. The SMILES string of the molecule is O=[C][C@H](Cc1c[nH]cn1)NN1C(=O)CC[C@H]1C=O. The van der Waals surface area contributed by atoms with Crippen LogP contribution < -0.4 is 5.43 Å². The molecule has 1 aromatic heterocycles. The number of amides is 1. The zero-order valence-corrected chi connectivity index (χ0v) is 9.63. The van der Waals surface area contributed by atoms with Crippen molar-refractivity contribution in [3.8, 4) is 0 Å². The quantitative estimate of drug-likeness (QED) is 0.639. The van der Waals surface area contributed by atoms with Crippen molar-refractivity contribution >= 4 is 18.5 Å². The van der Waals surface area contributed by atoms with Crippen molar-refractivity contribution < 1.29 is 14.4 Å². The van der Waals surface area contributed by atoms with E-state index in [4.69, 9.17) is 0 Å². The van der Waals surface area contributed by atoms with Gasteiger partial charge >= 0.3 is 0 Å². The Hall–Kier alpha value is -2.02. The molecule has 1 aliphatic heterocycles. The van der Waals surface area contributed by atoms with Gasteiger partial charge in [0.25, 0.3) is 0 Å². The molecule has 0 aromatic carbocycles. The molecule has 0 unspecified atom stereocenters. The van der Waals surface area contributed by atoms with Crippen molar-refractivity contribution in [2.75, 3.05) is 0 Å². The van der Waals surface area contributed by atoms with Crippen molar-refractivity contribution in [3.63, 3.8) is 0 Å². The van der Waals surface area contributed by atoms with Gasteiger partial charge in [-0.15, -0.1) is 0 Å². The topological polar surface area (TPSA) is 95.2 Å². The molecule has 0 saturated carbocycles. The van der Waals surface area contributed by atoms with Gasteiger partial charge in [0, 0.05) is 19.0 Å². The molecule has 7 nitrogen and oxygen atoms in total. The fraction of sp³-hybridized carbons (Fsp3) is 0.455. The average Bonchev–Trinajstić information content (AvgIpc) is 2.99. The Labute approximate surface area is 104 Å². The highest BCUT2D eigenvalue weighted by Gasteiger charge is 2.32. The highest BCUT2D eigenvalue weighted by Crippen LogP contribution is 2.15. The number of nitrogens with zero attached hydrogens (tertiary/aromatic N) is 2. The third-order valence-electron chi connectivity index (χ3n) is 2.82. The number of hydrazine groups is 1. The fourth-order valence-electron chi connectivity index (χ4n) is 1.90. The van der Waals surface area contributed by atoms with Crippen LogP contribution in [0.25, 0.3) is 0 Å². The van der Waals surface area contributed by atoms with Crippen molar-refractivity contribution in [3.05, 3.63) is 18.2 Å². The van der Waals surface area contributed by atoms with E-state index in [1.807, 2.05) is 6.29 Å².